The Morgan fingerprint density at radius 2 is 2.15 bits per heavy atom. The van der Waals surface area contributed by atoms with Gasteiger partial charge in [0.15, 0.2) is 5.96 Å². The Bertz CT molecular complexity index is 783. The van der Waals surface area contributed by atoms with Crippen molar-refractivity contribution >= 4 is 28.9 Å². The van der Waals surface area contributed by atoms with Gasteiger partial charge in [-0.2, -0.15) is 0 Å². The molecule has 6 nitrogen and oxygen atoms in total. The molecular weight excluding hydrogens is 346 g/mol. The minimum absolute atomic E-state index is 0.218. The summed E-state index contributed by atoms with van der Waals surface area (Å²) in [6.45, 7) is 4.24. The van der Waals surface area contributed by atoms with Gasteiger partial charge in [0, 0.05) is 44.7 Å². The fraction of sp³-hybridized carbons (Fsp3) is 0.421. The second-order valence-corrected chi connectivity index (χ2v) is 7.49. The van der Waals surface area contributed by atoms with E-state index in [-0.39, 0.29) is 5.91 Å². The van der Waals surface area contributed by atoms with Gasteiger partial charge in [-0.3, -0.25) is 9.79 Å². The highest BCUT2D eigenvalue weighted by atomic mass is 32.1. The van der Waals surface area contributed by atoms with Crippen LogP contribution in [0.15, 0.2) is 34.6 Å². The molecule has 3 rings (SSSR count). The fourth-order valence-corrected chi connectivity index (χ4v) is 3.68. The highest BCUT2D eigenvalue weighted by Crippen LogP contribution is 2.21. The number of carbonyl (C=O) groups excluding carboxylic acids is 1. The lowest BCUT2D eigenvalue weighted by molar-refractivity contribution is -0.117. The first-order valence-corrected chi connectivity index (χ1v) is 9.67. The molecule has 7 heteroatoms. The first-order valence-electron chi connectivity index (χ1n) is 8.79. The zero-order valence-electron chi connectivity index (χ0n) is 15.5. The molecule has 0 radical (unpaired) electrons. The number of hydrogen-bond donors (Lipinski definition) is 1. The molecule has 1 aromatic carbocycles. The third kappa shape index (κ3) is 4.40. The standard InChI is InChI=1S/C19H25N5OS/c1-14-22-16(13-26-14)12-23(3)19(20-2)21-11-15-6-8-17(9-7-15)24-10-4-5-18(24)25/h6-9,13H,4-5,10-12H2,1-3H3,(H,20,21). The number of thiazole rings is 1. The van der Waals surface area contributed by atoms with Gasteiger partial charge >= 0.3 is 0 Å². The lowest BCUT2D eigenvalue weighted by Gasteiger charge is -2.21. The van der Waals surface area contributed by atoms with Crippen LogP contribution in [-0.2, 0) is 17.9 Å². The highest BCUT2D eigenvalue weighted by Gasteiger charge is 2.21. The molecule has 0 spiro atoms. The second kappa shape index (κ2) is 8.31. The Balaban J connectivity index is 1.55. The number of nitrogens with zero attached hydrogens (tertiary/aromatic N) is 4. The van der Waals surface area contributed by atoms with Crippen LogP contribution in [0.1, 0.15) is 29.1 Å². The van der Waals surface area contributed by atoms with E-state index in [1.165, 1.54) is 0 Å². The quantitative estimate of drug-likeness (QED) is 0.649. The molecule has 0 bridgehead atoms. The Hall–Kier alpha value is -2.41. The maximum Gasteiger partial charge on any atom is 0.227 e. The van der Waals surface area contributed by atoms with Crippen molar-refractivity contribution in [3.05, 3.63) is 45.9 Å². The molecule has 2 heterocycles. The summed E-state index contributed by atoms with van der Waals surface area (Å²) in [5.41, 5.74) is 3.19. The summed E-state index contributed by atoms with van der Waals surface area (Å²) in [7, 11) is 3.79. The SMILES string of the molecule is CN=C(NCc1ccc(N2CCCC2=O)cc1)N(C)Cc1csc(C)n1. The molecule has 26 heavy (non-hydrogen) atoms. The van der Waals surface area contributed by atoms with Gasteiger partial charge in [0.2, 0.25) is 5.91 Å². The number of aliphatic imine (C=N–C) groups is 1. The van der Waals surface area contributed by atoms with E-state index in [0.29, 0.717) is 13.0 Å². The lowest BCUT2D eigenvalue weighted by Crippen LogP contribution is -2.38. The Labute approximate surface area is 158 Å². The summed E-state index contributed by atoms with van der Waals surface area (Å²) in [6, 6.07) is 8.16. The number of benzene rings is 1. The van der Waals surface area contributed by atoms with Gasteiger partial charge in [0.05, 0.1) is 17.2 Å². The third-order valence-corrected chi connectivity index (χ3v) is 5.23. The smallest absolute Gasteiger partial charge is 0.227 e. The fourth-order valence-electron chi connectivity index (χ4n) is 3.08. The van der Waals surface area contributed by atoms with Gasteiger partial charge < -0.3 is 15.1 Å². The van der Waals surface area contributed by atoms with Crippen LogP contribution in [0.4, 0.5) is 5.69 Å². The predicted molar refractivity (Wildman–Crippen MR) is 107 cm³/mol. The topological polar surface area (TPSA) is 60.8 Å². The minimum atomic E-state index is 0.218. The molecule has 1 aromatic heterocycles. The molecule has 138 valence electrons. The number of anilines is 1. The number of aryl methyl sites for hydroxylation is 1. The van der Waals surface area contributed by atoms with Crippen LogP contribution < -0.4 is 10.2 Å². The molecule has 0 unspecified atom stereocenters. The number of amides is 1. The van der Waals surface area contributed by atoms with E-state index in [1.54, 1.807) is 18.4 Å². The van der Waals surface area contributed by atoms with E-state index in [4.69, 9.17) is 0 Å². The summed E-state index contributed by atoms with van der Waals surface area (Å²) in [5.74, 6) is 1.05. The van der Waals surface area contributed by atoms with Gasteiger partial charge in [0.1, 0.15) is 0 Å². The van der Waals surface area contributed by atoms with Gasteiger partial charge in [-0.1, -0.05) is 12.1 Å². The van der Waals surface area contributed by atoms with E-state index in [0.717, 1.165) is 47.4 Å². The Morgan fingerprint density at radius 1 is 1.38 bits per heavy atom. The number of carbonyl (C=O) groups is 1. The average molecular weight is 372 g/mol. The molecule has 1 aliphatic heterocycles. The van der Waals surface area contributed by atoms with Crippen molar-refractivity contribution in [3.63, 3.8) is 0 Å². The zero-order valence-corrected chi connectivity index (χ0v) is 16.3. The van der Waals surface area contributed by atoms with E-state index in [9.17, 15) is 4.79 Å². The Kier molecular flexibility index (Phi) is 5.88. The van der Waals surface area contributed by atoms with E-state index >= 15 is 0 Å². The highest BCUT2D eigenvalue weighted by molar-refractivity contribution is 7.09. The van der Waals surface area contributed by atoms with Crippen LogP contribution >= 0.6 is 11.3 Å². The average Bonchev–Trinajstić information content (AvgIpc) is 3.24. The largest absolute Gasteiger partial charge is 0.352 e. The molecule has 0 atom stereocenters. The number of rotatable bonds is 5. The van der Waals surface area contributed by atoms with Crippen molar-refractivity contribution < 1.29 is 4.79 Å². The molecule has 2 aromatic rings. The van der Waals surface area contributed by atoms with Crippen molar-refractivity contribution in [2.75, 3.05) is 25.5 Å². The van der Waals surface area contributed by atoms with Crippen LogP contribution in [0.2, 0.25) is 0 Å². The second-order valence-electron chi connectivity index (χ2n) is 6.43. The van der Waals surface area contributed by atoms with Gasteiger partial charge in [-0.05, 0) is 31.0 Å². The van der Waals surface area contributed by atoms with Gasteiger partial charge in [-0.15, -0.1) is 11.3 Å². The van der Waals surface area contributed by atoms with E-state index in [1.807, 2.05) is 31.0 Å². The van der Waals surface area contributed by atoms with Crippen LogP contribution in [0.3, 0.4) is 0 Å². The first kappa shape index (κ1) is 18.4. The number of guanidine groups is 1. The van der Waals surface area contributed by atoms with Gasteiger partial charge in [0.25, 0.3) is 0 Å². The van der Waals surface area contributed by atoms with Gasteiger partial charge in [-0.25, -0.2) is 4.98 Å². The molecule has 1 N–H and O–H groups in total. The lowest BCUT2D eigenvalue weighted by atomic mass is 10.2. The summed E-state index contributed by atoms with van der Waals surface area (Å²) in [4.78, 5) is 24.6. The van der Waals surface area contributed by atoms with Crippen LogP contribution in [0.5, 0.6) is 0 Å². The Morgan fingerprint density at radius 3 is 2.73 bits per heavy atom. The molecular formula is C19H25N5OS. The summed E-state index contributed by atoms with van der Waals surface area (Å²) >= 11 is 1.66. The monoisotopic (exact) mass is 371 g/mol. The first-order chi connectivity index (χ1) is 12.6. The van der Waals surface area contributed by atoms with Crippen molar-refractivity contribution in [1.29, 1.82) is 0 Å². The molecule has 1 saturated heterocycles. The maximum atomic E-state index is 11.8. The molecule has 0 saturated carbocycles. The number of nitrogens with one attached hydrogen (secondary N) is 1. The van der Waals surface area contributed by atoms with E-state index in [2.05, 4.69) is 37.7 Å². The molecule has 1 amide bonds. The van der Waals surface area contributed by atoms with Crippen molar-refractivity contribution in [2.45, 2.75) is 32.9 Å². The maximum absolute atomic E-state index is 11.8. The number of aromatic nitrogens is 1. The molecule has 0 aliphatic carbocycles. The van der Waals surface area contributed by atoms with Crippen LogP contribution in [0, 0.1) is 6.92 Å². The van der Waals surface area contributed by atoms with Crippen LogP contribution in [0.25, 0.3) is 0 Å². The molecule has 1 fully saturated rings. The summed E-state index contributed by atoms with van der Waals surface area (Å²) in [5, 5.41) is 6.54. The van der Waals surface area contributed by atoms with Crippen molar-refractivity contribution in [1.82, 2.24) is 15.2 Å². The summed E-state index contributed by atoms with van der Waals surface area (Å²) < 4.78 is 0. The number of hydrogen-bond acceptors (Lipinski definition) is 4. The van der Waals surface area contributed by atoms with Crippen molar-refractivity contribution in [3.8, 4) is 0 Å². The normalized spacial score (nSPS) is 14.8. The summed E-state index contributed by atoms with van der Waals surface area (Å²) in [6.07, 6.45) is 1.60. The third-order valence-electron chi connectivity index (χ3n) is 4.41. The minimum Gasteiger partial charge on any atom is -0.352 e. The van der Waals surface area contributed by atoms with Crippen LogP contribution in [-0.4, -0.2) is 42.4 Å². The zero-order chi connectivity index (χ0) is 18.5. The molecule has 1 aliphatic rings. The predicted octanol–water partition coefficient (Wildman–Crippen LogP) is 2.79. The van der Waals surface area contributed by atoms with E-state index < -0.39 is 0 Å². The van der Waals surface area contributed by atoms with Crippen molar-refractivity contribution in [2.24, 2.45) is 4.99 Å².